The van der Waals surface area contributed by atoms with Crippen LogP contribution in [-0.2, 0) is 17.5 Å². The third-order valence-electron chi connectivity index (χ3n) is 7.29. The minimum absolute atomic E-state index is 0.0733. The highest BCUT2D eigenvalue weighted by Gasteiger charge is 2.40. The second-order valence-electron chi connectivity index (χ2n) is 9.68. The van der Waals surface area contributed by atoms with Crippen LogP contribution in [0.2, 0.25) is 0 Å². The Morgan fingerprint density at radius 1 is 1.14 bits per heavy atom. The molecule has 0 aliphatic carbocycles. The third-order valence-corrected chi connectivity index (χ3v) is 7.29. The zero-order chi connectivity index (χ0) is 25.6. The maximum atomic E-state index is 13.6. The molecule has 2 bridgehead atoms. The lowest BCUT2D eigenvalue weighted by Crippen LogP contribution is -2.54. The fourth-order valence-corrected chi connectivity index (χ4v) is 5.51. The number of halogens is 3. The lowest BCUT2D eigenvalue weighted by molar-refractivity contribution is -0.137. The van der Waals surface area contributed by atoms with Gasteiger partial charge in [-0.25, -0.2) is 9.59 Å². The van der Waals surface area contributed by atoms with Crippen molar-refractivity contribution < 1.29 is 32.6 Å². The zero-order valence-corrected chi connectivity index (χ0v) is 19.8. The molecule has 2 aromatic rings. The molecule has 194 valence electrons. The number of fused-ring (bicyclic) bond motifs is 2. The number of benzene rings is 1. The first kappa shape index (κ1) is 24.6. The van der Waals surface area contributed by atoms with E-state index in [1.165, 1.54) is 18.3 Å². The largest absolute Gasteiger partial charge is 0.476 e. The van der Waals surface area contributed by atoms with Gasteiger partial charge in [-0.15, -0.1) is 0 Å². The first-order chi connectivity index (χ1) is 17.1. The summed E-state index contributed by atoms with van der Waals surface area (Å²) in [5.41, 5.74) is 0.578. The van der Waals surface area contributed by atoms with Crippen molar-refractivity contribution in [2.75, 3.05) is 37.7 Å². The molecule has 5 rings (SSSR count). The SMILES string of the molecule is CC1CN(Cc2ccc(C(F)(F)F)cc2N2C3CCC2COC3)CCN1C(=O)n1ccc(C(=O)O)n1. The fourth-order valence-electron chi connectivity index (χ4n) is 5.51. The number of piperazine rings is 1. The van der Waals surface area contributed by atoms with Crippen molar-refractivity contribution in [3.05, 3.63) is 47.3 Å². The molecular formula is C24H28F3N5O4. The molecule has 3 aliphatic rings. The smallest absolute Gasteiger partial charge is 0.416 e. The number of ether oxygens (including phenoxy) is 1. The van der Waals surface area contributed by atoms with E-state index >= 15 is 0 Å². The summed E-state index contributed by atoms with van der Waals surface area (Å²) in [4.78, 5) is 29.8. The number of nitrogens with zero attached hydrogens (tertiary/aromatic N) is 5. The maximum Gasteiger partial charge on any atom is 0.416 e. The first-order valence-corrected chi connectivity index (χ1v) is 12.0. The summed E-state index contributed by atoms with van der Waals surface area (Å²) in [5.74, 6) is -1.21. The van der Waals surface area contributed by atoms with E-state index in [0.717, 1.165) is 29.2 Å². The van der Waals surface area contributed by atoms with Gasteiger partial charge in [-0.1, -0.05) is 6.07 Å². The summed E-state index contributed by atoms with van der Waals surface area (Å²) >= 11 is 0. The highest BCUT2D eigenvalue weighted by molar-refractivity contribution is 5.86. The van der Waals surface area contributed by atoms with E-state index < -0.39 is 23.7 Å². The van der Waals surface area contributed by atoms with Gasteiger partial charge in [0.2, 0.25) is 0 Å². The molecule has 4 heterocycles. The van der Waals surface area contributed by atoms with Gasteiger partial charge in [0.15, 0.2) is 5.69 Å². The van der Waals surface area contributed by atoms with Crippen LogP contribution in [0.15, 0.2) is 30.5 Å². The van der Waals surface area contributed by atoms with Gasteiger partial charge in [-0.2, -0.15) is 23.0 Å². The van der Waals surface area contributed by atoms with Gasteiger partial charge in [0.1, 0.15) is 0 Å². The molecule has 12 heteroatoms. The van der Waals surface area contributed by atoms with Crippen molar-refractivity contribution in [2.24, 2.45) is 0 Å². The summed E-state index contributed by atoms with van der Waals surface area (Å²) in [6.07, 6.45) is -1.30. The molecule has 1 amide bonds. The summed E-state index contributed by atoms with van der Waals surface area (Å²) in [5, 5.41) is 12.9. The van der Waals surface area contributed by atoms with Crippen LogP contribution >= 0.6 is 0 Å². The molecule has 3 fully saturated rings. The van der Waals surface area contributed by atoms with Crippen LogP contribution in [0.1, 0.15) is 41.4 Å². The number of alkyl halides is 3. The van der Waals surface area contributed by atoms with Crippen molar-refractivity contribution in [3.8, 4) is 0 Å². The van der Waals surface area contributed by atoms with Gasteiger partial charge in [-0.3, -0.25) is 4.90 Å². The Labute approximate surface area is 206 Å². The fraction of sp³-hybridized carbons (Fsp3) is 0.542. The Balaban J connectivity index is 1.33. The minimum atomic E-state index is -4.42. The summed E-state index contributed by atoms with van der Waals surface area (Å²) in [6, 6.07) is 4.80. The van der Waals surface area contributed by atoms with E-state index in [1.54, 1.807) is 11.0 Å². The van der Waals surface area contributed by atoms with E-state index in [9.17, 15) is 22.8 Å². The van der Waals surface area contributed by atoms with Crippen molar-refractivity contribution in [2.45, 2.75) is 50.6 Å². The number of rotatable bonds is 4. The van der Waals surface area contributed by atoms with E-state index in [2.05, 4.69) is 14.9 Å². The van der Waals surface area contributed by atoms with Crippen LogP contribution in [-0.4, -0.2) is 87.7 Å². The normalized spacial score (nSPS) is 24.8. The number of hydrogen-bond acceptors (Lipinski definition) is 6. The predicted octanol–water partition coefficient (Wildman–Crippen LogP) is 3.14. The Kier molecular flexibility index (Phi) is 6.41. The third kappa shape index (κ3) is 4.66. The number of aromatic nitrogens is 2. The Hall–Kier alpha value is -3.12. The number of carboxylic acids is 1. The number of anilines is 1. The molecule has 0 saturated carbocycles. The highest BCUT2D eigenvalue weighted by atomic mass is 19.4. The molecule has 3 aliphatic heterocycles. The van der Waals surface area contributed by atoms with E-state index in [1.807, 2.05) is 6.92 Å². The molecule has 1 aromatic heterocycles. The summed E-state index contributed by atoms with van der Waals surface area (Å²) in [7, 11) is 0. The van der Waals surface area contributed by atoms with Gasteiger partial charge < -0.3 is 19.6 Å². The van der Waals surface area contributed by atoms with Gasteiger partial charge in [0.25, 0.3) is 0 Å². The highest BCUT2D eigenvalue weighted by Crippen LogP contribution is 2.40. The molecule has 1 aromatic carbocycles. The average Bonchev–Trinajstić information content (AvgIpc) is 3.41. The number of carbonyl (C=O) groups is 2. The number of carbonyl (C=O) groups excluding carboxylic acids is 1. The van der Waals surface area contributed by atoms with Gasteiger partial charge in [0.05, 0.1) is 30.9 Å². The van der Waals surface area contributed by atoms with Crippen LogP contribution in [0.4, 0.5) is 23.7 Å². The zero-order valence-electron chi connectivity index (χ0n) is 19.8. The predicted molar refractivity (Wildman–Crippen MR) is 123 cm³/mol. The number of amides is 1. The van der Waals surface area contributed by atoms with Crippen molar-refractivity contribution in [3.63, 3.8) is 0 Å². The van der Waals surface area contributed by atoms with Crippen LogP contribution in [0, 0.1) is 0 Å². The van der Waals surface area contributed by atoms with Crippen LogP contribution in [0.5, 0.6) is 0 Å². The molecule has 0 radical (unpaired) electrons. The standard InChI is InChI=1S/C24H28F3N5O4/c1-15-11-29(8-9-30(15)23(35)31-7-6-20(28-31)22(33)34)12-16-2-3-17(24(25,26)27)10-21(16)32-18-4-5-19(32)14-36-13-18/h2-3,6-7,10,15,18-19H,4-5,8-9,11-14H2,1H3,(H,33,34). The minimum Gasteiger partial charge on any atom is -0.476 e. The molecule has 3 unspecified atom stereocenters. The van der Waals surface area contributed by atoms with Crippen molar-refractivity contribution in [1.82, 2.24) is 19.6 Å². The van der Waals surface area contributed by atoms with Crippen LogP contribution in [0.25, 0.3) is 0 Å². The second kappa shape index (κ2) is 9.40. The van der Waals surface area contributed by atoms with Crippen LogP contribution in [0.3, 0.4) is 0 Å². The van der Waals surface area contributed by atoms with E-state index in [4.69, 9.17) is 9.84 Å². The van der Waals surface area contributed by atoms with E-state index in [0.29, 0.717) is 45.1 Å². The first-order valence-electron chi connectivity index (χ1n) is 12.0. The van der Waals surface area contributed by atoms with Gasteiger partial charge >= 0.3 is 18.2 Å². The molecule has 1 N–H and O–H groups in total. The summed E-state index contributed by atoms with van der Waals surface area (Å²) < 4.78 is 47.3. The number of aromatic carboxylic acids is 1. The quantitative estimate of drug-likeness (QED) is 0.680. The average molecular weight is 508 g/mol. The van der Waals surface area contributed by atoms with Crippen molar-refractivity contribution in [1.29, 1.82) is 0 Å². The number of morpholine rings is 1. The molecule has 9 nitrogen and oxygen atoms in total. The number of hydrogen-bond donors (Lipinski definition) is 1. The van der Waals surface area contributed by atoms with Crippen molar-refractivity contribution >= 4 is 17.7 Å². The molecule has 36 heavy (non-hydrogen) atoms. The maximum absolute atomic E-state index is 13.6. The monoisotopic (exact) mass is 507 g/mol. The molecule has 3 saturated heterocycles. The Morgan fingerprint density at radius 3 is 2.47 bits per heavy atom. The topological polar surface area (TPSA) is 91.1 Å². The number of carboxylic acid groups (broad SMARTS) is 1. The molecular weight excluding hydrogens is 479 g/mol. The van der Waals surface area contributed by atoms with E-state index in [-0.39, 0.29) is 23.8 Å². The Bertz CT molecular complexity index is 1140. The van der Waals surface area contributed by atoms with Crippen LogP contribution < -0.4 is 4.90 Å². The lowest BCUT2D eigenvalue weighted by atomic mass is 10.0. The Morgan fingerprint density at radius 2 is 1.86 bits per heavy atom. The molecule has 0 spiro atoms. The summed E-state index contributed by atoms with van der Waals surface area (Å²) in [6.45, 7) is 4.82. The van der Waals surface area contributed by atoms with Gasteiger partial charge in [-0.05, 0) is 43.5 Å². The second-order valence-corrected chi connectivity index (χ2v) is 9.68. The van der Waals surface area contributed by atoms with Gasteiger partial charge in [0, 0.05) is 44.1 Å². The molecule has 3 atom stereocenters. The lowest BCUT2D eigenvalue weighted by Gasteiger charge is -2.41.